The van der Waals surface area contributed by atoms with E-state index >= 15 is 0 Å². The van der Waals surface area contributed by atoms with Gasteiger partial charge in [-0.05, 0) is 96.5 Å². The molecule has 2 aromatic heterocycles. The molecule has 1 N–H and O–H groups in total. The molecule has 182 valence electrons. The molecular formula is C27H35ClN4O2. The first-order valence-electron chi connectivity index (χ1n) is 12.6. The summed E-state index contributed by atoms with van der Waals surface area (Å²) in [4.78, 5) is 9.81. The van der Waals surface area contributed by atoms with E-state index in [0.29, 0.717) is 23.4 Å². The monoisotopic (exact) mass is 482 g/mol. The van der Waals surface area contributed by atoms with Crippen molar-refractivity contribution >= 4 is 28.2 Å². The number of rotatable bonds is 8. The van der Waals surface area contributed by atoms with Crippen LogP contribution in [-0.4, -0.2) is 67.2 Å². The number of benzene rings is 1. The Kier molecular flexibility index (Phi) is 7.28. The van der Waals surface area contributed by atoms with Crippen LogP contribution in [-0.2, 0) is 0 Å². The molecule has 4 heterocycles. The SMILES string of the molecule is Cc1ccc(-c2cc(NC3CCN(C)CC3)c3cc(Cl)c(OCCCN4CCCC4)cc3n2)o1. The molecule has 34 heavy (non-hydrogen) atoms. The highest BCUT2D eigenvalue weighted by atomic mass is 35.5. The molecule has 2 fully saturated rings. The van der Waals surface area contributed by atoms with Gasteiger partial charge in [-0.1, -0.05) is 11.6 Å². The van der Waals surface area contributed by atoms with Crippen molar-refractivity contribution in [2.45, 2.75) is 45.1 Å². The number of anilines is 1. The number of ether oxygens (including phenoxy) is 1. The van der Waals surface area contributed by atoms with Crippen LogP contribution < -0.4 is 10.1 Å². The molecule has 0 bridgehead atoms. The third-order valence-corrected chi connectivity index (χ3v) is 7.30. The van der Waals surface area contributed by atoms with E-state index in [0.717, 1.165) is 72.7 Å². The second kappa shape index (κ2) is 10.5. The van der Waals surface area contributed by atoms with E-state index in [-0.39, 0.29) is 0 Å². The van der Waals surface area contributed by atoms with Crippen molar-refractivity contribution in [1.82, 2.24) is 14.8 Å². The number of aryl methyl sites for hydroxylation is 1. The van der Waals surface area contributed by atoms with E-state index in [2.05, 4.69) is 28.2 Å². The van der Waals surface area contributed by atoms with Crippen molar-refractivity contribution in [3.63, 3.8) is 0 Å². The summed E-state index contributed by atoms with van der Waals surface area (Å²) in [5, 5.41) is 5.42. The maximum atomic E-state index is 6.69. The second-order valence-corrected chi connectivity index (χ2v) is 10.1. The van der Waals surface area contributed by atoms with Crippen molar-refractivity contribution in [2.24, 2.45) is 0 Å². The first-order valence-corrected chi connectivity index (χ1v) is 12.9. The van der Waals surface area contributed by atoms with Gasteiger partial charge in [0.1, 0.15) is 17.2 Å². The summed E-state index contributed by atoms with van der Waals surface area (Å²) in [5.41, 5.74) is 2.73. The number of nitrogens with zero attached hydrogens (tertiary/aromatic N) is 3. The van der Waals surface area contributed by atoms with Crippen LogP contribution in [0.25, 0.3) is 22.4 Å². The fourth-order valence-electron chi connectivity index (χ4n) is 5.01. The summed E-state index contributed by atoms with van der Waals surface area (Å²) >= 11 is 6.69. The first-order chi connectivity index (χ1) is 16.5. The van der Waals surface area contributed by atoms with Gasteiger partial charge in [0.2, 0.25) is 0 Å². The van der Waals surface area contributed by atoms with Crippen LogP contribution in [0.3, 0.4) is 0 Å². The predicted octanol–water partition coefficient (Wildman–Crippen LogP) is 5.83. The van der Waals surface area contributed by atoms with Crippen molar-refractivity contribution in [3.05, 3.63) is 41.1 Å². The van der Waals surface area contributed by atoms with Gasteiger partial charge in [-0.2, -0.15) is 0 Å². The number of halogens is 1. The highest BCUT2D eigenvalue weighted by Crippen LogP contribution is 2.36. The van der Waals surface area contributed by atoms with E-state index in [1.165, 1.54) is 25.9 Å². The van der Waals surface area contributed by atoms with Gasteiger partial charge in [-0.15, -0.1) is 0 Å². The number of likely N-dealkylation sites (tertiary alicyclic amines) is 2. The zero-order valence-corrected chi connectivity index (χ0v) is 21.0. The standard InChI is InChI=1S/C27H35ClN4O2/c1-19-6-7-26(34-19)25-17-23(29-20-8-13-31(2)14-9-20)21-16-22(28)27(18-24(21)30-25)33-15-5-12-32-10-3-4-11-32/h6-7,16-18,20H,3-5,8-15H2,1-2H3,(H,29,30). The quantitative estimate of drug-likeness (QED) is 0.408. The van der Waals surface area contributed by atoms with Gasteiger partial charge in [0.15, 0.2) is 5.76 Å². The first kappa shape index (κ1) is 23.5. The number of aromatic nitrogens is 1. The molecule has 0 atom stereocenters. The van der Waals surface area contributed by atoms with Crippen LogP contribution in [0.5, 0.6) is 5.75 Å². The average Bonchev–Trinajstić information content (AvgIpc) is 3.50. The average molecular weight is 483 g/mol. The number of pyridine rings is 1. The van der Waals surface area contributed by atoms with Gasteiger partial charge in [0.05, 0.1) is 17.1 Å². The van der Waals surface area contributed by atoms with E-state index in [4.69, 9.17) is 25.7 Å². The smallest absolute Gasteiger partial charge is 0.152 e. The summed E-state index contributed by atoms with van der Waals surface area (Å²) in [5.74, 6) is 2.34. The van der Waals surface area contributed by atoms with Crippen LogP contribution in [0.2, 0.25) is 5.02 Å². The number of nitrogens with one attached hydrogen (secondary N) is 1. The zero-order valence-electron chi connectivity index (χ0n) is 20.3. The Morgan fingerprint density at radius 2 is 1.91 bits per heavy atom. The highest BCUT2D eigenvalue weighted by molar-refractivity contribution is 6.33. The largest absolute Gasteiger partial charge is 0.492 e. The fraction of sp³-hybridized carbons (Fsp3) is 0.519. The molecule has 3 aromatic rings. The van der Waals surface area contributed by atoms with Gasteiger partial charge in [0, 0.05) is 29.7 Å². The Morgan fingerprint density at radius 3 is 2.65 bits per heavy atom. The second-order valence-electron chi connectivity index (χ2n) is 9.74. The number of hydrogen-bond donors (Lipinski definition) is 1. The Hall–Kier alpha value is -2.28. The topological polar surface area (TPSA) is 53.8 Å². The van der Waals surface area contributed by atoms with Crippen LogP contribution in [0.4, 0.5) is 5.69 Å². The lowest BCUT2D eigenvalue weighted by molar-refractivity contribution is 0.263. The third-order valence-electron chi connectivity index (χ3n) is 7.01. The minimum atomic E-state index is 0.424. The Labute approximate surface area is 207 Å². The summed E-state index contributed by atoms with van der Waals surface area (Å²) in [6.07, 6.45) is 5.85. The minimum Gasteiger partial charge on any atom is -0.492 e. The molecule has 1 aromatic carbocycles. The summed E-state index contributed by atoms with van der Waals surface area (Å²) in [6, 6.07) is 10.4. The summed E-state index contributed by atoms with van der Waals surface area (Å²) in [7, 11) is 2.18. The maximum Gasteiger partial charge on any atom is 0.152 e. The molecule has 6 nitrogen and oxygen atoms in total. The number of hydrogen-bond acceptors (Lipinski definition) is 6. The van der Waals surface area contributed by atoms with Crippen molar-refractivity contribution < 1.29 is 9.15 Å². The zero-order chi connectivity index (χ0) is 23.5. The van der Waals surface area contributed by atoms with Gasteiger partial charge in [-0.3, -0.25) is 0 Å². The van der Waals surface area contributed by atoms with Crippen molar-refractivity contribution in [2.75, 3.05) is 51.7 Å². The van der Waals surface area contributed by atoms with Gasteiger partial charge >= 0.3 is 0 Å². The van der Waals surface area contributed by atoms with Crippen LogP contribution in [0, 0.1) is 6.92 Å². The molecule has 0 amide bonds. The molecule has 2 aliphatic heterocycles. The molecule has 2 saturated heterocycles. The highest BCUT2D eigenvalue weighted by Gasteiger charge is 2.20. The Morgan fingerprint density at radius 1 is 1.12 bits per heavy atom. The normalized spacial score (nSPS) is 18.1. The van der Waals surface area contributed by atoms with Crippen LogP contribution in [0.15, 0.2) is 34.7 Å². The third kappa shape index (κ3) is 5.51. The van der Waals surface area contributed by atoms with E-state index in [1.54, 1.807) is 0 Å². The predicted molar refractivity (Wildman–Crippen MR) is 139 cm³/mol. The lowest BCUT2D eigenvalue weighted by atomic mass is 10.0. The van der Waals surface area contributed by atoms with Crippen molar-refractivity contribution in [1.29, 1.82) is 0 Å². The molecule has 2 aliphatic rings. The molecule has 7 heteroatoms. The summed E-state index contributed by atoms with van der Waals surface area (Å²) in [6.45, 7) is 8.30. The van der Waals surface area contributed by atoms with Crippen molar-refractivity contribution in [3.8, 4) is 17.2 Å². The molecule has 0 unspecified atom stereocenters. The Balaban J connectivity index is 1.40. The van der Waals surface area contributed by atoms with Crippen LogP contribution in [0.1, 0.15) is 37.9 Å². The molecule has 5 rings (SSSR count). The molecule has 0 spiro atoms. The number of furan rings is 1. The minimum absolute atomic E-state index is 0.424. The molecule has 0 aliphatic carbocycles. The number of fused-ring (bicyclic) bond motifs is 1. The van der Waals surface area contributed by atoms with Gasteiger partial charge in [0.25, 0.3) is 0 Å². The maximum absolute atomic E-state index is 6.69. The van der Waals surface area contributed by atoms with E-state index in [1.807, 2.05) is 31.2 Å². The summed E-state index contributed by atoms with van der Waals surface area (Å²) < 4.78 is 12.0. The van der Waals surface area contributed by atoms with Crippen LogP contribution >= 0.6 is 11.6 Å². The van der Waals surface area contributed by atoms with Gasteiger partial charge < -0.3 is 24.3 Å². The lowest BCUT2D eigenvalue weighted by Crippen LogP contribution is -2.36. The van der Waals surface area contributed by atoms with E-state index < -0.39 is 0 Å². The number of piperidine rings is 1. The molecule has 0 saturated carbocycles. The molecule has 0 radical (unpaired) electrons. The fourth-order valence-corrected chi connectivity index (χ4v) is 5.22. The van der Waals surface area contributed by atoms with E-state index in [9.17, 15) is 0 Å². The lowest BCUT2D eigenvalue weighted by Gasteiger charge is -2.30. The molecular weight excluding hydrogens is 448 g/mol. The van der Waals surface area contributed by atoms with Gasteiger partial charge in [-0.25, -0.2) is 4.98 Å². The Bertz CT molecular complexity index is 1120.